The Hall–Kier alpha value is -10.0. The van der Waals surface area contributed by atoms with E-state index in [1.165, 1.54) is 44.3 Å². The monoisotopic (exact) mass is 1120 g/mol. The molecular formula is C57H55FN10O14. The Balaban J connectivity index is 0.000000236. The number of hydrogen-bond donors (Lipinski definition) is 5. The third-order valence-electron chi connectivity index (χ3n) is 12.9. The molecule has 2 aliphatic rings. The molecule has 5 N–H and O–H groups in total. The quantitative estimate of drug-likeness (QED) is 0.0718. The lowest BCUT2D eigenvalue weighted by Gasteiger charge is -2.25. The number of aliphatic hydroxyl groups excluding tert-OH is 1. The van der Waals surface area contributed by atoms with Crippen LogP contribution in [0.25, 0.3) is 21.5 Å². The van der Waals surface area contributed by atoms with Crippen LogP contribution in [0.2, 0.25) is 0 Å². The number of benzene rings is 4. The molecule has 24 nitrogen and oxygen atoms in total. The van der Waals surface area contributed by atoms with Crippen LogP contribution in [0, 0.1) is 5.82 Å². The number of amides is 8. The molecule has 4 atom stereocenters. The average molecular weight is 1120 g/mol. The highest BCUT2D eigenvalue weighted by Gasteiger charge is 2.40. The van der Waals surface area contributed by atoms with Crippen molar-refractivity contribution in [1.82, 2.24) is 31.2 Å². The molecule has 0 saturated carbocycles. The third-order valence-corrected chi connectivity index (χ3v) is 12.9. The number of methoxy groups -OCH3 is 1. The van der Waals surface area contributed by atoms with Crippen LogP contribution in [0.4, 0.5) is 27.1 Å². The molecular weight excluding hydrogens is 1070 g/mol. The Kier molecular flexibility index (Phi) is 19.8. The summed E-state index contributed by atoms with van der Waals surface area (Å²) in [6.07, 6.45) is 3.28. The van der Waals surface area contributed by atoms with Crippen LogP contribution in [0.5, 0.6) is 0 Å². The lowest BCUT2D eigenvalue weighted by atomic mass is 10.1. The molecule has 8 rings (SSSR count). The van der Waals surface area contributed by atoms with E-state index in [1.54, 1.807) is 72.8 Å². The molecule has 0 unspecified atom stereocenters. The lowest BCUT2D eigenvalue weighted by molar-refractivity contribution is -0.127. The van der Waals surface area contributed by atoms with Crippen molar-refractivity contribution in [3.63, 3.8) is 0 Å². The minimum atomic E-state index is -1.46. The lowest BCUT2D eigenvalue weighted by Crippen LogP contribution is -2.55. The minimum absolute atomic E-state index is 0.00564. The fourth-order valence-electron chi connectivity index (χ4n) is 9.23. The van der Waals surface area contributed by atoms with E-state index in [-0.39, 0.29) is 66.0 Å². The molecule has 2 aromatic heterocycles. The van der Waals surface area contributed by atoms with Crippen molar-refractivity contribution in [2.24, 2.45) is 0 Å². The second-order valence-corrected chi connectivity index (χ2v) is 18.8. The van der Waals surface area contributed by atoms with E-state index < -0.39 is 103 Å². The maximum absolute atomic E-state index is 14.3. The highest BCUT2D eigenvalue weighted by Crippen LogP contribution is 2.35. The number of anilines is 4. The number of nitrogens with one attached hydrogen (secondary N) is 4. The van der Waals surface area contributed by atoms with Crippen molar-refractivity contribution in [2.45, 2.75) is 50.9 Å². The number of hydrogen-bond acceptors (Lipinski definition) is 16. The fraction of sp³-hybridized carbons (Fsp3) is 0.263. The Morgan fingerprint density at radius 1 is 0.622 bits per heavy atom. The molecule has 8 amide bonds. The maximum atomic E-state index is 14.3. The second-order valence-electron chi connectivity index (χ2n) is 18.8. The molecule has 4 heterocycles. The van der Waals surface area contributed by atoms with E-state index in [9.17, 15) is 67.0 Å². The van der Waals surface area contributed by atoms with E-state index in [4.69, 9.17) is 4.74 Å². The van der Waals surface area contributed by atoms with Crippen LogP contribution in [-0.2, 0) is 52.7 Å². The second kappa shape index (κ2) is 27.2. The number of pyridine rings is 2. The number of para-hydroxylation sites is 2. The minimum Gasteiger partial charge on any atom is -0.387 e. The molecule has 0 spiro atoms. The van der Waals surface area contributed by atoms with Crippen molar-refractivity contribution in [3.05, 3.63) is 133 Å². The SMILES string of the molecule is CC(=O)C[C@@H](C=O)NC(=O)CN1C(=O)[C@@H](NC(=O)c2nccc3ccccc23)CN(C(=O)CO)c2cc(F)ccc21.COCC(=O)N1C[C@H](NC(=O)c2nccc3ccccc23)C(=O)N(CC(=O)N[C@H](C=O)CC(C)=O)c2ccccc21. The third kappa shape index (κ3) is 14.2. The van der Waals surface area contributed by atoms with Gasteiger partial charge in [-0.1, -0.05) is 60.7 Å². The summed E-state index contributed by atoms with van der Waals surface area (Å²) in [7, 11) is 1.36. The van der Waals surface area contributed by atoms with Gasteiger partial charge in [-0.15, -0.1) is 0 Å². The van der Waals surface area contributed by atoms with Crippen LogP contribution in [-0.4, -0.2) is 157 Å². The van der Waals surface area contributed by atoms with Crippen molar-refractivity contribution in [1.29, 1.82) is 0 Å². The van der Waals surface area contributed by atoms with Crippen molar-refractivity contribution < 1.29 is 71.8 Å². The molecule has 0 bridgehead atoms. The van der Waals surface area contributed by atoms with Gasteiger partial charge in [-0.2, -0.15) is 0 Å². The molecule has 0 fully saturated rings. The van der Waals surface area contributed by atoms with Gasteiger partial charge in [0.05, 0.1) is 47.9 Å². The van der Waals surface area contributed by atoms with Crippen LogP contribution in [0.1, 0.15) is 47.7 Å². The van der Waals surface area contributed by atoms with Gasteiger partial charge in [0.1, 0.15) is 79.7 Å². The smallest absolute Gasteiger partial charge is 0.271 e. The normalized spacial score (nSPS) is 15.5. The van der Waals surface area contributed by atoms with Crippen LogP contribution in [0.3, 0.4) is 0 Å². The first-order valence-corrected chi connectivity index (χ1v) is 25.3. The number of fused-ring (bicyclic) bond motifs is 4. The van der Waals surface area contributed by atoms with Gasteiger partial charge in [-0.05, 0) is 67.1 Å². The molecule has 4 aromatic carbocycles. The number of ether oxygens (including phenoxy) is 1. The van der Waals surface area contributed by atoms with Gasteiger partial charge in [0.2, 0.25) is 11.8 Å². The predicted molar refractivity (Wildman–Crippen MR) is 294 cm³/mol. The fourth-order valence-corrected chi connectivity index (χ4v) is 9.23. The Morgan fingerprint density at radius 3 is 1.51 bits per heavy atom. The highest BCUT2D eigenvalue weighted by atomic mass is 19.1. The zero-order chi connectivity index (χ0) is 59.2. The molecule has 0 aliphatic carbocycles. The Morgan fingerprint density at radius 2 is 1.06 bits per heavy atom. The first-order valence-electron chi connectivity index (χ1n) is 25.3. The number of rotatable bonds is 19. The number of Topliss-reactive ketones (excluding diaryl/α,β-unsaturated/α-hetero) is 2. The standard InChI is InChI=1S/C29H29N5O7.C28H26FN5O7/c1-18(36)13-20(16-35)31-25(37)15-34-24-10-6-5-9-23(24)33(26(38)17-41-2)14-22(29(34)40)32-28(39)27-21-8-4-3-7-19(21)11-12-30-27;1-16(37)10-19(14-35)31-24(38)13-34-22-7-6-18(29)11-23(22)33(25(39)15-36)12-21(28(34)41)32-27(40)26-20-5-3-2-4-17(20)8-9-30-26/h3-12,16,20,22H,13-15,17H2,1-2H3,(H,31,37)(H,32,39);2-9,11,14,19,21,36H,10,12-13,15H2,1H3,(H,31,38)(H,32,40)/t20-,22-;19-,21-/m00/s1. The topological polar surface area (TPSA) is 321 Å². The summed E-state index contributed by atoms with van der Waals surface area (Å²) in [5.41, 5.74) is 0.488. The van der Waals surface area contributed by atoms with Gasteiger partial charge in [-0.3, -0.25) is 67.7 Å². The first kappa shape index (κ1) is 59.6. The van der Waals surface area contributed by atoms with E-state index in [0.717, 1.165) is 32.2 Å². The van der Waals surface area contributed by atoms with Crippen molar-refractivity contribution in [2.75, 3.05) is 66.1 Å². The number of nitrogens with zero attached hydrogens (tertiary/aromatic N) is 6. The van der Waals surface area contributed by atoms with Gasteiger partial charge >= 0.3 is 0 Å². The van der Waals surface area contributed by atoms with Crippen LogP contribution >= 0.6 is 0 Å². The van der Waals surface area contributed by atoms with E-state index in [1.807, 2.05) is 12.1 Å². The maximum Gasteiger partial charge on any atom is 0.271 e. The number of halogens is 1. The Labute approximate surface area is 467 Å². The molecule has 82 heavy (non-hydrogen) atoms. The first-order chi connectivity index (χ1) is 39.3. The van der Waals surface area contributed by atoms with E-state index in [0.29, 0.717) is 34.4 Å². The largest absolute Gasteiger partial charge is 0.387 e. The Bertz CT molecular complexity index is 3500. The van der Waals surface area contributed by atoms with Gasteiger partial charge in [0.15, 0.2) is 0 Å². The van der Waals surface area contributed by atoms with Gasteiger partial charge in [0.25, 0.3) is 35.4 Å². The summed E-state index contributed by atoms with van der Waals surface area (Å²) in [5.74, 6) is -7.18. The summed E-state index contributed by atoms with van der Waals surface area (Å²) in [6.45, 7) is -0.706. The molecule has 0 radical (unpaired) electrons. The van der Waals surface area contributed by atoms with Gasteiger partial charge in [-0.25, -0.2) is 4.39 Å². The molecule has 2 aliphatic heterocycles. The van der Waals surface area contributed by atoms with Crippen LogP contribution in [0.15, 0.2) is 116 Å². The zero-order valence-electron chi connectivity index (χ0n) is 44.4. The van der Waals surface area contributed by atoms with Gasteiger partial charge < -0.3 is 50.5 Å². The summed E-state index contributed by atoms with van der Waals surface area (Å²) in [4.78, 5) is 165. The van der Waals surface area contributed by atoms with Crippen molar-refractivity contribution in [3.8, 4) is 0 Å². The summed E-state index contributed by atoms with van der Waals surface area (Å²) in [6, 6.07) is 22.2. The van der Waals surface area contributed by atoms with Crippen molar-refractivity contribution >= 4 is 116 Å². The summed E-state index contributed by atoms with van der Waals surface area (Å²) >= 11 is 0. The number of ketones is 2. The highest BCUT2D eigenvalue weighted by molar-refractivity contribution is 6.14. The van der Waals surface area contributed by atoms with E-state index in [2.05, 4.69) is 31.2 Å². The summed E-state index contributed by atoms with van der Waals surface area (Å²) in [5, 5.41) is 22.3. The average Bonchev–Trinajstić information content (AvgIpc) is 3.82. The predicted octanol–water partition coefficient (Wildman–Crippen LogP) is 1.53. The van der Waals surface area contributed by atoms with Crippen LogP contribution < -0.4 is 40.9 Å². The number of carbonyl (C=O) groups is 12. The number of aromatic nitrogens is 2. The molecule has 424 valence electrons. The molecule has 0 saturated heterocycles. The van der Waals surface area contributed by atoms with Gasteiger partial charge in [0, 0.05) is 43.1 Å². The van der Waals surface area contributed by atoms with E-state index >= 15 is 0 Å². The summed E-state index contributed by atoms with van der Waals surface area (Å²) < 4.78 is 19.4. The molecule has 6 aromatic rings. The zero-order valence-corrected chi connectivity index (χ0v) is 44.4. The number of carbonyl (C=O) groups excluding carboxylic acids is 12. The molecule has 25 heteroatoms. The number of aldehydes is 2. The number of aliphatic hydroxyl groups is 1.